The second-order valence-corrected chi connectivity index (χ2v) is 5.37. The summed E-state index contributed by atoms with van der Waals surface area (Å²) in [6.07, 6.45) is 8.08. The molecule has 25 heavy (non-hydrogen) atoms. The first-order valence-electron chi connectivity index (χ1n) is 6.89. The van der Waals surface area contributed by atoms with Gasteiger partial charge in [-0.25, -0.2) is 4.98 Å². The van der Waals surface area contributed by atoms with Gasteiger partial charge in [-0.1, -0.05) is 5.92 Å². The Balaban J connectivity index is 2.21. The monoisotopic (exact) mass is 404 g/mol. The highest BCUT2D eigenvalue weighted by atomic mass is 79.9. The number of hydrogen-bond acceptors (Lipinski definition) is 7. The molecule has 0 saturated carbocycles. The molecule has 0 aliphatic heterocycles. The minimum absolute atomic E-state index is 0.0424. The van der Waals surface area contributed by atoms with E-state index >= 15 is 0 Å². The molecule has 0 saturated heterocycles. The summed E-state index contributed by atoms with van der Waals surface area (Å²) >= 11 is 3.40. The van der Waals surface area contributed by atoms with E-state index in [-0.39, 0.29) is 18.1 Å². The topological polar surface area (TPSA) is 98.9 Å². The molecule has 0 unspecified atom stereocenters. The van der Waals surface area contributed by atoms with Crippen LogP contribution in [0.1, 0.15) is 5.56 Å². The smallest absolute Gasteiger partial charge is 0.313 e. The van der Waals surface area contributed by atoms with E-state index < -0.39 is 4.92 Å². The number of rotatable bonds is 7. The van der Waals surface area contributed by atoms with E-state index in [0.717, 1.165) is 0 Å². The van der Waals surface area contributed by atoms with E-state index in [9.17, 15) is 10.1 Å². The van der Waals surface area contributed by atoms with E-state index in [1.165, 1.54) is 31.7 Å². The summed E-state index contributed by atoms with van der Waals surface area (Å²) in [6.45, 7) is 0.112. The Morgan fingerprint density at radius 3 is 3.00 bits per heavy atom. The van der Waals surface area contributed by atoms with Gasteiger partial charge in [0, 0.05) is 22.3 Å². The summed E-state index contributed by atoms with van der Waals surface area (Å²) in [7, 11) is 1.50. The largest absolute Gasteiger partial charge is 0.493 e. The number of pyridine rings is 1. The highest BCUT2D eigenvalue weighted by Crippen LogP contribution is 2.33. The van der Waals surface area contributed by atoms with Crippen molar-refractivity contribution < 1.29 is 14.4 Å². The van der Waals surface area contributed by atoms with Gasteiger partial charge in [0.1, 0.15) is 6.61 Å². The number of ether oxygens (including phenoxy) is 2. The number of nitro groups is 1. The van der Waals surface area contributed by atoms with Gasteiger partial charge >= 0.3 is 5.69 Å². The van der Waals surface area contributed by atoms with Gasteiger partial charge in [-0.3, -0.25) is 15.5 Å². The number of benzene rings is 1. The van der Waals surface area contributed by atoms with Gasteiger partial charge in [-0.15, -0.1) is 6.42 Å². The molecular formula is C16H13BrN4O4. The maximum Gasteiger partial charge on any atom is 0.313 e. The van der Waals surface area contributed by atoms with Gasteiger partial charge in [-0.2, -0.15) is 5.10 Å². The molecule has 9 heteroatoms. The van der Waals surface area contributed by atoms with Crippen LogP contribution < -0.4 is 14.9 Å². The third-order valence-electron chi connectivity index (χ3n) is 2.95. The second kappa shape index (κ2) is 8.65. The van der Waals surface area contributed by atoms with Crippen molar-refractivity contribution in [3.63, 3.8) is 0 Å². The molecule has 8 nitrogen and oxygen atoms in total. The predicted molar refractivity (Wildman–Crippen MR) is 97.1 cm³/mol. The van der Waals surface area contributed by atoms with E-state index in [1.807, 2.05) is 0 Å². The summed E-state index contributed by atoms with van der Waals surface area (Å²) in [6, 6.07) is 6.19. The number of nitrogens with one attached hydrogen (secondary N) is 1. The van der Waals surface area contributed by atoms with Crippen molar-refractivity contribution >= 4 is 33.6 Å². The molecule has 2 aromatic rings. The van der Waals surface area contributed by atoms with Gasteiger partial charge in [0.25, 0.3) is 0 Å². The Morgan fingerprint density at radius 1 is 1.52 bits per heavy atom. The van der Waals surface area contributed by atoms with E-state index in [0.29, 0.717) is 21.5 Å². The number of methoxy groups -OCH3 is 1. The van der Waals surface area contributed by atoms with Crippen LogP contribution in [0.2, 0.25) is 0 Å². The first-order valence-corrected chi connectivity index (χ1v) is 7.68. The van der Waals surface area contributed by atoms with Crippen molar-refractivity contribution in [2.75, 3.05) is 19.1 Å². The first kappa shape index (κ1) is 18.2. The number of aromatic nitrogens is 1. The third-order valence-corrected chi connectivity index (χ3v) is 3.64. The van der Waals surface area contributed by atoms with E-state index in [1.54, 1.807) is 12.1 Å². The summed E-state index contributed by atoms with van der Waals surface area (Å²) in [5.41, 5.74) is 3.04. The van der Waals surface area contributed by atoms with Gasteiger partial charge in [0.05, 0.1) is 18.2 Å². The summed E-state index contributed by atoms with van der Waals surface area (Å²) in [5, 5.41) is 14.9. The molecule has 1 aromatic heterocycles. The molecule has 128 valence electrons. The molecule has 0 atom stereocenters. The second-order valence-electron chi connectivity index (χ2n) is 4.52. The zero-order valence-electron chi connectivity index (χ0n) is 13.1. The number of halogens is 1. The van der Waals surface area contributed by atoms with E-state index in [2.05, 4.69) is 37.4 Å². The fourth-order valence-electron chi connectivity index (χ4n) is 1.83. The number of nitrogens with zero attached hydrogens (tertiary/aromatic N) is 3. The number of terminal acetylenes is 1. The molecule has 1 N–H and O–H groups in total. The van der Waals surface area contributed by atoms with Crippen molar-refractivity contribution in [3.8, 4) is 23.8 Å². The molecule has 0 spiro atoms. The van der Waals surface area contributed by atoms with Crippen LogP contribution in [-0.4, -0.2) is 29.8 Å². The molecule has 0 aliphatic carbocycles. The lowest BCUT2D eigenvalue weighted by Gasteiger charge is -2.10. The van der Waals surface area contributed by atoms with E-state index in [4.69, 9.17) is 15.9 Å². The molecule has 1 heterocycles. The van der Waals surface area contributed by atoms with Gasteiger partial charge in [0.15, 0.2) is 11.5 Å². The van der Waals surface area contributed by atoms with Crippen LogP contribution in [0.4, 0.5) is 11.5 Å². The van der Waals surface area contributed by atoms with Crippen molar-refractivity contribution in [3.05, 3.63) is 50.6 Å². The fourth-order valence-corrected chi connectivity index (χ4v) is 2.26. The van der Waals surface area contributed by atoms with Crippen molar-refractivity contribution in [2.24, 2.45) is 5.10 Å². The standard InChI is InChI=1S/C16H13BrN4O4/c1-3-7-25-15-9-12(17)11(8-14(15)24-2)10-19-20-16-13(21(22)23)5-4-6-18-16/h1,4-6,8-10H,7H2,2H3,(H,18,20)/b19-10-. The maximum atomic E-state index is 10.9. The molecular weight excluding hydrogens is 392 g/mol. The van der Waals surface area contributed by atoms with Crippen molar-refractivity contribution in [1.29, 1.82) is 0 Å². The Kier molecular flexibility index (Phi) is 6.31. The fraction of sp³-hybridized carbons (Fsp3) is 0.125. The Labute approximate surface area is 152 Å². The number of hydrogen-bond donors (Lipinski definition) is 1. The van der Waals surface area contributed by atoms with Crippen LogP contribution in [0.5, 0.6) is 11.5 Å². The van der Waals surface area contributed by atoms with Crippen LogP contribution in [0, 0.1) is 22.5 Å². The SMILES string of the molecule is C#CCOc1cc(Br)c(/C=N\Nc2ncccc2[N+](=O)[O-])cc1OC. The molecule has 0 fully saturated rings. The Morgan fingerprint density at radius 2 is 2.32 bits per heavy atom. The number of anilines is 1. The summed E-state index contributed by atoms with van der Waals surface area (Å²) in [4.78, 5) is 14.3. The van der Waals surface area contributed by atoms with Crippen molar-refractivity contribution in [2.45, 2.75) is 0 Å². The third kappa shape index (κ3) is 4.68. The lowest BCUT2D eigenvalue weighted by atomic mass is 10.2. The summed E-state index contributed by atoms with van der Waals surface area (Å²) < 4.78 is 11.3. The maximum absolute atomic E-state index is 10.9. The van der Waals surface area contributed by atoms with Crippen molar-refractivity contribution in [1.82, 2.24) is 4.98 Å². The lowest BCUT2D eigenvalue weighted by Crippen LogP contribution is -2.00. The lowest BCUT2D eigenvalue weighted by molar-refractivity contribution is -0.384. The summed E-state index contributed by atoms with van der Waals surface area (Å²) in [5.74, 6) is 3.38. The number of hydrazone groups is 1. The first-order chi connectivity index (χ1) is 12.1. The van der Waals surface area contributed by atoms with Crippen LogP contribution in [0.3, 0.4) is 0 Å². The highest BCUT2D eigenvalue weighted by molar-refractivity contribution is 9.10. The van der Waals surface area contributed by atoms with Crippen LogP contribution >= 0.6 is 15.9 Å². The quantitative estimate of drug-likeness (QED) is 0.329. The average Bonchev–Trinajstić information content (AvgIpc) is 2.61. The molecule has 1 aromatic carbocycles. The molecule has 2 rings (SSSR count). The average molecular weight is 405 g/mol. The molecule has 0 amide bonds. The molecule has 0 bridgehead atoms. The molecule has 0 aliphatic rings. The van der Waals surface area contributed by atoms with Crippen LogP contribution in [0.15, 0.2) is 40.0 Å². The molecule has 0 radical (unpaired) electrons. The van der Waals surface area contributed by atoms with Gasteiger partial charge in [-0.05, 0) is 34.1 Å². The van der Waals surface area contributed by atoms with Gasteiger partial charge in [0.2, 0.25) is 5.82 Å². The Bertz CT molecular complexity index is 849. The van der Waals surface area contributed by atoms with Crippen LogP contribution in [-0.2, 0) is 0 Å². The highest BCUT2D eigenvalue weighted by Gasteiger charge is 2.13. The minimum atomic E-state index is -0.540. The zero-order chi connectivity index (χ0) is 18.2. The normalized spacial score (nSPS) is 10.3. The predicted octanol–water partition coefficient (Wildman–Crippen LogP) is 3.22. The van der Waals surface area contributed by atoms with Gasteiger partial charge < -0.3 is 9.47 Å². The Hall–Kier alpha value is -3.12. The van der Waals surface area contributed by atoms with Crippen LogP contribution in [0.25, 0.3) is 0 Å². The zero-order valence-corrected chi connectivity index (χ0v) is 14.7. The minimum Gasteiger partial charge on any atom is -0.493 e.